The zero-order valence-corrected chi connectivity index (χ0v) is 9.42. The Morgan fingerprint density at radius 3 is 2.57 bits per heavy atom. The zero-order valence-electron chi connectivity index (χ0n) is 9.42. The maximum Gasteiger partial charge on any atom is 0.0615 e. The number of likely N-dealkylation sites (N-methyl/N-ethyl adjacent to an activating group) is 1. The molecule has 4 heteroatoms. The maximum atomic E-state index is 9.28. The van der Waals surface area contributed by atoms with Gasteiger partial charge in [-0.05, 0) is 26.9 Å². The molecule has 0 aromatic carbocycles. The highest BCUT2D eigenvalue weighted by atomic mass is 16.5. The number of hydrogen-bond donors (Lipinski definition) is 2. The van der Waals surface area contributed by atoms with Gasteiger partial charge in [0.25, 0.3) is 0 Å². The number of ether oxygens (including phenoxy) is 1. The summed E-state index contributed by atoms with van der Waals surface area (Å²) in [4.78, 5) is 2.13. The van der Waals surface area contributed by atoms with Crippen molar-refractivity contribution in [3.05, 3.63) is 0 Å². The molecule has 0 aromatic heterocycles. The normalized spacial score (nSPS) is 31.9. The molecule has 0 aliphatic heterocycles. The van der Waals surface area contributed by atoms with Crippen molar-refractivity contribution in [1.29, 1.82) is 0 Å². The van der Waals surface area contributed by atoms with Gasteiger partial charge in [-0.1, -0.05) is 0 Å². The number of rotatable bonds is 6. The van der Waals surface area contributed by atoms with Gasteiger partial charge in [-0.2, -0.15) is 0 Å². The lowest BCUT2D eigenvalue weighted by Crippen LogP contribution is -2.61. The summed E-state index contributed by atoms with van der Waals surface area (Å²) in [6.45, 7) is 2.13. The number of nitrogens with one attached hydrogen (secondary N) is 1. The molecule has 2 N–H and O–H groups in total. The molecule has 0 unspecified atom stereocenters. The van der Waals surface area contributed by atoms with Crippen LogP contribution in [0.4, 0.5) is 0 Å². The monoisotopic (exact) mass is 202 g/mol. The van der Waals surface area contributed by atoms with Crippen molar-refractivity contribution in [2.45, 2.75) is 24.5 Å². The molecule has 1 rings (SSSR count). The predicted octanol–water partition coefficient (Wildman–Crippen LogP) is -0.322. The van der Waals surface area contributed by atoms with E-state index in [0.717, 1.165) is 25.9 Å². The van der Waals surface area contributed by atoms with Crippen LogP contribution in [-0.2, 0) is 4.74 Å². The summed E-state index contributed by atoms with van der Waals surface area (Å²) in [6, 6.07) is 0. The molecule has 0 saturated heterocycles. The van der Waals surface area contributed by atoms with Crippen LogP contribution < -0.4 is 5.32 Å². The van der Waals surface area contributed by atoms with E-state index in [2.05, 4.69) is 10.2 Å². The average Bonchev–Trinajstić information content (AvgIpc) is 2.09. The third kappa shape index (κ3) is 2.92. The predicted molar refractivity (Wildman–Crippen MR) is 56.4 cm³/mol. The van der Waals surface area contributed by atoms with Crippen LogP contribution >= 0.6 is 0 Å². The fourth-order valence-electron chi connectivity index (χ4n) is 1.85. The van der Waals surface area contributed by atoms with Crippen molar-refractivity contribution in [3.63, 3.8) is 0 Å². The van der Waals surface area contributed by atoms with Gasteiger partial charge in [0.05, 0.1) is 12.7 Å². The first-order valence-electron chi connectivity index (χ1n) is 5.15. The smallest absolute Gasteiger partial charge is 0.0615 e. The van der Waals surface area contributed by atoms with Gasteiger partial charge in [-0.3, -0.25) is 0 Å². The molecule has 1 aliphatic carbocycles. The molecule has 1 aliphatic rings. The van der Waals surface area contributed by atoms with E-state index in [9.17, 15) is 5.11 Å². The van der Waals surface area contributed by atoms with Gasteiger partial charge < -0.3 is 20.1 Å². The van der Waals surface area contributed by atoms with Gasteiger partial charge in [-0.25, -0.2) is 0 Å². The molecule has 0 atom stereocenters. The van der Waals surface area contributed by atoms with Gasteiger partial charge in [0, 0.05) is 25.7 Å². The number of aliphatic hydroxyl groups is 1. The molecule has 84 valence electrons. The largest absolute Gasteiger partial charge is 0.394 e. The Balaban J connectivity index is 2.20. The molecular formula is C10H22N2O2. The number of methoxy groups -OCH3 is 1. The summed E-state index contributed by atoms with van der Waals surface area (Å²) in [5.74, 6) is 0. The van der Waals surface area contributed by atoms with Crippen LogP contribution in [0.15, 0.2) is 0 Å². The topological polar surface area (TPSA) is 44.7 Å². The van der Waals surface area contributed by atoms with Crippen LogP contribution in [0.25, 0.3) is 0 Å². The Labute approximate surface area is 86.2 Å². The lowest BCUT2D eigenvalue weighted by atomic mass is 9.74. The fourth-order valence-corrected chi connectivity index (χ4v) is 1.85. The van der Waals surface area contributed by atoms with Crippen molar-refractivity contribution in [3.8, 4) is 0 Å². The van der Waals surface area contributed by atoms with Gasteiger partial charge in [-0.15, -0.1) is 0 Å². The van der Waals surface area contributed by atoms with Crippen molar-refractivity contribution in [2.75, 3.05) is 40.9 Å². The van der Waals surface area contributed by atoms with E-state index < -0.39 is 0 Å². The fraction of sp³-hybridized carbons (Fsp3) is 1.00. The molecule has 0 aromatic rings. The molecule has 4 nitrogen and oxygen atoms in total. The van der Waals surface area contributed by atoms with Crippen LogP contribution in [0.5, 0.6) is 0 Å². The molecule has 0 spiro atoms. The Bertz CT molecular complexity index is 168. The molecule has 1 saturated carbocycles. The maximum absolute atomic E-state index is 9.28. The lowest BCUT2D eigenvalue weighted by molar-refractivity contribution is -0.0526. The van der Waals surface area contributed by atoms with Crippen molar-refractivity contribution in [1.82, 2.24) is 10.2 Å². The van der Waals surface area contributed by atoms with Crippen molar-refractivity contribution < 1.29 is 9.84 Å². The summed E-state index contributed by atoms with van der Waals surface area (Å²) in [5, 5.41) is 12.7. The minimum absolute atomic E-state index is 0.0727. The summed E-state index contributed by atoms with van der Waals surface area (Å²) in [7, 11) is 5.82. The highest BCUT2D eigenvalue weighted by molar-refractivity contribution is 5.01. The Morgan fingerprint density at radius 1 is 1.50 bits per heavy atom. The summed E-state index contributed by atoms with van der Waals surface area (Å²) in [5.41, 5.74) is -0.0727. The van der Waals surface area contributed by atoms with E-state index in [1.54, 1.807) is 7.11 Å². The molecule has 0 amide bonds. The quantitative estimate of drug-likeness (QED) is 0.619. The minimum atomic E-state index is -0.0727. The van der Waals surface area contributed by atoms with E-state index >= 15 is 0 Å². The number of aliphatic hydroxyl groups excluding tert-OH is 1. The van der Waals surface area contributed by atoms with Crippen LogP contribution in [-0.4, -0.2) is 62.6 Å². The first kappa shape index (κ1) is 11.9. The van der Waals surface area contributed by atoms with Crippen LogP contribution in [0, 0.1) is 0 Å². The van der Waals surface area contributed by atoms with Crippen LogP contribution in [0.1, 0.15) is 12.8 Å². The molecule has 14 heavy (non-hydrogen) atoms. The van der Waals surface area contributed by atoms with Crippen LogP contribution in [0.3, 0.4) is 0 Å². The molecular weight excluding hydrogens is 180 g/mol. The molecule has 1 fully saturated rings. The van der Waals surface area contributed by atoms with Gasteiger partial charge in [0.15, 0.2) is 0 Å². The summed E-state index contributed by atoms with van der Waals surface area (Å²) < 4.78 is 5.21. The summed E-state index contributed by atoms with van der Waals surface area (Å²) >= 11 is 0. The van der Waals surface area contributed by atoms with E-state index in [1.807, 2.05) is 14.1 Å². The average molecular weight is 202 g/mol. The first-order valence-corrected chi connectivity index (χ1v) is 5.15. The molecule has 0 radical (unpaired) electrons. The molecule has 0 bridgehead atoms. The first-order chi connectivity index (χ1) is 6.62. The Kier molecular flexibility index (Phi) is 4.31. The van der Waals surface area contributed by atoms with Gasteiger partial charge in [0.1, 0.15) is 0 Å². The van der Waals surface area contributed by atoms with E-state index in [1.165, 1.54) is 0 Å². The number of hydrogen-bond acceptors (Lipinski definition) is 4. The molecule has 0 heterocycles. The van der Waals surface area contributed by atoms with E-state index in [0.29, 0.717) is 6.10 Å². The highest BCUT2D eigenvalue weighted by Gasteiger charge is 2.43. The number of nitrogens with zero attached hydrogens (tertiary/aromatic N) is 1. The van der Waals surface area contributed by atoms with Gasteiger partial charge >= 0.3 is 0 Å². The Hall–Kier alpha value is -0.160. The minimum Gasteiger partial charge on any atom is -0.394 e. The van der Waals surface area contributed by atoms with Crippen molar-refractivity contribution >= 4 is 0 Å². The second kappa shape index (κ2) is 5.07. The van der Waals surface area contributed by atoms with E-state index in [-0.39, 0.29) is 12.1 Å². The standard InChI is InChI=1S/C10H22N2O2/c1-12(2)5-4-11-10(8-13)6-9(7-10)14-3/h9,11,13H,4-8H2,1-3H3. The third-order valence-electron chi connectivity index (χ3n) is 2.93. The third-order valence-corrected chi connectivity index (χ3v) is 2.93. The lowest BCUT2D eigenvalue weighted by Gasteiger charge is -2.46. The second-order valence-corrected chi connectivity index (χ2v) is 4.43. The Morgan fingerprint density at radius 2 is 2.14 bits per heavy atom. The SMILES string of the molecule is COC1CC(CO)(NCCN(C)C)C1. The van der Waals surface area contributed by atoms with Crippen LogP contribution in [0.2, 0.25) is 0 Å². The van der Waals surface area contributed by atoms with Crippen molar-refractivity contribution in [2.24, 2.45) is 0 Å². The summed E-state index contributed by atoms with van der Waals surface area (Å²) in [6.07, 6.45) is 2.18. The van der Waals surface area contributed by atoms with E-state index in [4.69, 9.17) is 4.74 Å². The second-order valence-electron chi connectivity index (χ2n) is 4.43. The van der Waals surface area contributed by atoms with Gasteiger partial charge in [0.2, 0.25) is 0 Å². The zero-order chi connectivity index (χ0) is 10.6. The highest BCUT2D eigenvalue weighted by Crippen LogP contribution is 2.33.